The number of rotatable bonds is 4. The van der Waals surface area contributed by atoms with Crippen molar-refractivity contribution in [1.82, 2.24) is 10.3 Å². The zero-order valence-corrected chi connectivity index (χ0v) is 16.6. The lowest BCUT2D eigenvalue weighted by Crippen LogP contribution is -2.32. The number of nitrogens with zero attached hydrogens (tertiary/aromatic N) is 1. The average Bonchev–Trinajstić information content (AvgIpc) is 2.80. The highest BCUT2D eigenvalue weighted by molar-refractivity contribution is 6.09. The quantitative estimate of drug-likeness (QED) is 0.518. The van der Waals surface area contributed by atoms with Crippen LogP contribution in [-0.4, -0.2) is 23.3 Å². The molecule has 1 aromatic heterocycles. The van der Waals surface area contributed by atoms with Gasteiger partial charge in [0.2, 0.25) is 0 Å². The maximum Gasteiger partial charge on any atom is 0.255 e. The van der Waals surface area contributed by atoms with Gasteiger partial charge in [-0.3, -0.25) is 14.6 Å². The molecule has 2 amide bonds. The molecule has 0 radical (unpaired) electrons. The molecular formula is C25H19N3O3. The van der Waals surface area contributed by atoms with Crippen LogP contribution in [0.1, 0.15) is 26.3 Å². The van der Waals surface area contributed by atoms with Crippen LogP contribution in [0.25, 0.3) is 10.9 Å². The summed E-state index contributed by atoms with van der Waals surface area (Å²) in [6.45, 7) is 0.579. The van der Waals surface area contributed by atoms with E-state index in [1.807, 2.05) is 48.5 Å². The van der Waals surface area contributed by atoms with E-state index in [4.69, 9.17) is 4.74 Å². The zero-order valence-electron chi connectivity index (χ0n) is 16.6. The van der Waals surface area contributed by atoms with E-state index in [9.17, 15) is 9.59 Å². The highest BCUT2D eigenvalue weighted by Gasteiger charge is 2.18. The predicted octanol–water partition coefficient (Wildman–Crippen LogP) is 4.57. The summed E-state index contributed by atoms with van der Waals surface area (Å²) in [4.78, 5) is 29.3. The summed E-state index contributed by atoms with van der Waals surface area (Å²) in [6, 6.07) is 22.0. The lowest BCUT2D eigenvalue weighted by Gasteiger charge is -2.17. The number of carbonyl (C=O) groups is 2. The van der Waals surface area contributed by atoms with Crippen LogP contribution in [-0.2, 0) is 6.42 Å². The van der Waals surface area contributed by atoms with Crippen LogP contribution < -0.4 is 15.4 Å². The van der Waals surface area contributed by atoms with Crippen LogP contribution in [0.15, 0.2) is 79.0 Å². The molecular weight excluding hydrogens is 390 g/mol. The van der Waals surface area contributed by atoms with Gasteiger partial charge in [-0.1, -0.05) is 18.2 Å². The number of aromatic nitrogens is 1. The Hall–Kier alpha value is -4.19. The van der Waals surface area contributed by atoms with E-state index in [-0.39, 0.29) is 11.8 Å². The van der Waals surface area contributed by atoms with E-state index in [1.54, 1.807) is 30.5 Å². The Morgan fingerprint density at radius 2 is 1.84 bits per heavy atom. The Morgan fingerprint density at radius 1 is 0.968 bits per heavy atom. The second-order valence-corrected chi connectivity index (χ2v) is 7.28. The van der Waals surface area contributed by atoms with Crippen molar-refractivity contribution in [2.75, 3.05) is 11.9 Å². The smallest absolute Gasteiger partial charge is 0.255 e. The summed E-state index contributed by atoms with van der Waals surface area (Å²) in [5, 5.41) is 6.57. The number of hydrogen-bond acceptors (Lipinski definition) is 4. The highest BCUT2D eigenvalue weighted by Crippen LogP contribution is 2.29. The lowest BCUT2D eigenvalue weighted by atomic mass is 9.97. The van der Waals surface area contributed by atoms with Crippen LogP contribution in [0.2, 0.25) is 0 Å². The number of amides is 2. The molecule has 0 saturated heterocycles. The molecule has 6 nitrogen and oxygen atoms in total. The molecule has 2 N–H and O–H groups in total. The summed E-state index contributed by atoms with van der Waals surface area (Å²) < 4.78 is 5.93. The van der Waals surface area contributed by atoms with Gasteiger partial charge < -0.3 is 15.4 Å². The van der Waals surface area contributed by atoms with Crippen LogP contribution in [0.4, 0.5) is 5.69 Å². The van der Waals surface area contributed by atoms with Crippen LogP contribution in [0, 0.1) is 0 Å². The first kappa shape index (κ1) is 18.8. The normalized spacial score (nSPS) is 12.7. The largest absolute Gasteiger partial charge is 0.457 e. The van der Waals surface area contributed by atoms with Crippen molar-refractivity contribution < 1.29 is 14.3 Å². The Bertz CT molecular complexity index is 1300. The third-order valence-electron chi connectivity index (χ3n) is 5.23. The number of hydrogen-bond donors (Lipinski definition) is 2. The molecule has 0 aliphatic carbocycles. The van der Waals surface area contributed by atoms with Crippen molar-refractivity contribution in [3.8, 4) is 11.5 Å². The highest BCUT2D eigenvalue weighted by atomic mass is 16.5. The van der Waals surface area contributed by atoms with Gasteiger partial charge in [0.05, 0.1) is 11.2 Å². The minimum Gasteiger partial charge on any atom is -0.457 e. The fourth-order valence-corrected chi connectivity index (χ4v) is 3.69. The van der Waals surface area contributed by atoms with Crippen LogP contribution in [0.3, 0.4) is 0 Å². The van der Waals surface area contributed by atoms with Gasteiger partial charge in [-0.05, 0) is 66.6 Å². The van der Waals surface area contributed by atoms with Crippen molar-refractivity contribution in [2.45, 2.75) is 6.42 Å². The number of benzene rings is 3. The van der Waals surface area contributed by atoms with E-state index < -0.39 is 0 Å². The van der Waals surface area contributed by atoms with Crippen LogP contribution >= 0.6 is 0 Å². The van der Waals surface area contributed by atoms with E-state index >= 15 is 0 Å². The molecule has 3 aromatic carbocycles. The maximum atomic E-state index is 12.9. The Labute approximate surface area is 178 Å². The second-order valence-electron chi connectivity index (χ2n) is 7.28. The minimum absolute atomic E-state index is 0.0979. The van der Waals surface area contributed by atoms with Gasteiger partial charge in [-0.25, -0.2) is 0 Å². The molecule has 2 heterocycles. The molecule has 0 saturated carbocycles. The summed E-state index contributed by atoms with van der Waals surface area (Å²) in [5.41, 5.74) is 3.41. The maximum absolute atomic E-state index is 12.9. The van der Waals surface area contributed by atoms with Gasteiger partial charge in [0.25, 0.3) is 11.8 Å². The first-order valence-corrected chi connectivity index (χ1v) is 10.0. The summed E-state index contributed by atoms with van der Waals surface area (Å²) in [7, 11) is 0. The fraction of sp³-hybridized carbons (Fsp3) is 0.0800. The van der Waals surface area contributed by atoms with Gasteiger partial charge in [0.15, 0.2) is 0 Å². The molecule has 4 aromatic rings. The van der Waals surface area contributed by atoms with Crippen LogP contribution in [0.5, 0.6) is 11.5 Å². The number of nitrogens with one attached hydrogen (secondary N) is 2. The number of anilines is 1. The number of carbonyl (C=O) groups excluding carboxylic acids is 2. The summed E-state index contributed by atoms with van der Waals surface area (Å²) in [5.74, 6) is 1.05. The molecule has 152 valence electrons. The average molecular weight is 409 g/mol. The molecule has 1 aliphatic heterocycles. The Morgan fingerprint density at radius 3 is 2.71 bits per heavy atom. The minimum atomic E-state index is -0.240. The molecule has 0 fully saturated rings. The SMILES string of the molecule is O=C(Nc1ccnc2ccc(Oc3ccccc3)cc12)c1ccc2c(c1)CCNC2=O. The monoisotopic (exact) mass is 409 g/mol. The third kappa shape index (κ3) is 3.83. The first-order chi connectivity index (χ1) is 15.2. The third-order valence-corrected chi connectivity index (χ3v) is 5.23. The molecule has 0 bridgehead atoms. The first-order valence-electron chi connectivity index (χ1n) is 10.0. The molecule has 0 atom stereocenters. The van der Waals surface area contributed by atoms with Crippen molar-refractivity contribution in [1.29, 1.82) is 0 Å². The van der Waals surface area contributed by atoms with Gasteiger partial charge in [-0.15, -0.1) is 0 Å². The van der Waals surface area contributed by atoms with E-state index in [1.165, 1.54) is 0 Å². The molecule has 5 rings (SSSR count). The van der Waals surface area contributed by atoms with Gasteiger partial charge >= 0.3 is 0 Å². The van der Waals surface area contributed by atoms with Gasteiger partial charge in [-0.2, -0.15) is 0 Å². The van der Waals surface area contributed by atoms with E-state index in [0.717, 1.165) is 22.2 Å². The topological polar surface area (TPSA) is 80.3 Å². The Balaban J connectivity index is 1.44. The summed E-state index contributed by atoms with van der Waals surface area (Å²) >= 11 is 0. The van der Waals surface area contributed by atoms with E-state index in [2.05, 4.69) is 15.6 Å². The fourth-order valence-electron chi connectivity index (χ4n) is 3.69. The molecule has 1 aliphatic rings. The van der Waals surface area contributed by atoms with Crippen molar-refractivity contribution in [2.24, 2.45) is 0 Å². The molecule has 6 heteroatoms. The number of pyridine rings is 1. The van der Waals surface area contributed by atoms with Crippen molar-refractivity contribution >= 4 is 28.4 Å². The zero-order chi connectivity index (χ0) is 21.2. The second kappa shape index (κ2) is 7.91. The van der Waals surface area contributed by atoms with Gasteiger partial charge in [0.1, 0.15) is 11.5 Å². The molecule has 0 spiro atoms. The number of ether oxygens (including phenoxy) is 1. The predicted molar refractivity (Wildman–Crippen MR) is 119 cm³/mol. The van der Waals surface area contributed by atoms with E-state index in [0.29, 0.717) is 35.5 Å². The number of fused-ring (bicyclic) bond motifs is 2. The van der Waals surface area contributed by atoms with Crippen molar-refractivity contribution in [3.63, 3.8) is 0 Å². The van der Waals surface area contributed by atoms with Crippen molar-refractivity contribution in [3.05, 3.63) is 95.7 Å². The standard InChI is InChI=1S/C25H19N3O3/c29-24(17-6-8-20-16(14-17)10-12-27-25(20)30)28-23-11-13-26-22-9-7-19(15-21(22)23)31-18-4-2-1-3-5-18/h1-9,11,13-15H,10,12H2,(H,27,30)(H,26,28,29). The molecule has 31 heavy (non-hydrogen) atoms. The Kier molecular flexibility index (Phi) is 4.80. The molecule has 0 unspecified atom stereocenters. The lowest BCUT2D eigenvalue weighted by molar-refractivity contribution is 0.0944. The number of para-hydroxylation sites is 1. The van der Waals surface area contributed by atoms with Gasteiger partial charge in [0, 0.05) is 29.3 Å². The summed E-state index contributed by atoms with van der Waals surface area (Å²) in [6.07, 6.45) is 2.37.